The first kappa shape index (κ1) is 21.3. The van der Waals surface area contributed by atoms with Crippen molar-refractivity contribution >= 4 is 27.7 Å². The van der Waals surface area contributed by atoms with Gasteiger partial charge in [0.2, 0.25) is 15.9 Å². The van der Waals surface area contributed by atoms with Gasteiger partial charge in [0.1, 0.15) is 5.37 Å². The molecule has 0 spiro atoms. The van der Waals surface area contributed by atoms with Crippen LogP contribution < -0.4 is 0 Å². The average molecular weight is 399 g/mol. The van der Waals surface area contributed by atoms with E-state index in [1.54, 1.807) is 18.8 Å². The molecule has 1 saturated heterocycles. The predicted octanol–water partition coefficient (Wildman–Crippen LogP) is 3.41. The molecule has 2 unspecified atom stereocenters. The zero-order valence-corrected chi connectivity index (χ0v) is 17.8. The van der Waals surface area contributed by atoms with Gasteiger partial charge in [-0.3, -0.25) is 4.79 Å². The number of carbonyl (C=O) groups is 1. The molecule has 5 nitrogen and oxygen atoms in total. The van der Waals surface area contributed by atoms with Crippen molar-refractivity contribution in [2.75, 3.05) is 25.9 Å². The third kappa shape index (κ3) is 4.81. The molecular weight excluding hydrogens is 368 g/mol. The highest BCUT2D eigenvalue weighted by Gasteiger charge is 2.40. The molecule has 1 amide bonds. The minimum absolute atomic E-state index is 0.0128. The van der Waals surface area contributed by atoms with Gasteiger partial charge in [0, 0.05) is 20.1 Å². The lowest BCUT2D eigenvalue weighted by atomic mass is 10.1. The summed E-state index contributed by atoms with van der Waals surface area (Å²) in [6.45, 7) is 6.99. The standard InChI is InChI=1S/C19H30N2O3S2/c1-5-14-26(23,24)20(4)12-9-13-21-18(22)17(6-2)25-19(21)16-11-8-7-10-15(16)3/h7-8,10-11,17,19H,5-6,9,12-14H2,1-4H3. The molecular formula is C19H30N2O3S2. The second-order valence-corrected chi connectivity index (χ2v) is 10.2. The summed E-state index contributed by atoms with van der Waals surface area (Å²) >= 11 is 1.71. The summed E-state index contributed by atoms with van der Waals surface area (Å²) in [5.74, 6) is 0.343. The molecule has 0 bridgehead atoms. The van der Waals surface area contributed by atoms with Gasteiger partial charge >= 0.3 is 0 Å². The Morgan fingerprint density at radius 1 is 1.23 bits per heavy atom. The van der Waals surface area contributed by atoms with Gasteiger partial charge in [-0.1, -0.05) is 38.1 Å². The van der Waals surface area contributed by atoms with Crippen molar-refractivity contribution in [1.29, 1.82) is 0 Å². The minimum atomic E-state index is -3.18. The second-order valence-electron chi connectivity index (χ2n) is 6.76. The second kappa shape index (κ2) is 9.24. The number of benzene rings is 1. The van der Waals surface area contributed by atoms with Crippen molar-refractivity contribution in [1.82, 2.24) is 9.21 Å². The van der Waals surface area contributed by atoms with Gasteiger partial charge in [-0.15, -0.1) is 11.8 Å². The van der Waals surface area contributed by atoms with Gasteiger partial charge in [-0.05, 0) is 37.3 Å². The van der Waals surface area contributed by atoms with Crippen LogP contribution >= 0.6 is 11.8 Å². The Kier molecular flexibility index (Phi) is 7.55. The van der Waals surface area contributed by atoms with E-state index in [4.69, 9.17) is 0 Å². The van der Waals surface area contributed by atoms with Crippen LogP contribution in [0.15, 0.2) is 24.3 Å². The molecule has 0 N–H and O–H groups in total. The number of sulfonamides is 1. The van der Waals surface area contributed by atoms with E-state index in [9.17, 15) is 13.2 Å². The topological polar surface area (TPSA) is 57.7 Å². The van der Waals surface area contributed by atoms with E-state index in [1.165, 1.54) is 15.4 Å². The highest BCUT2D eigenvalue weighted by atomic mass is 32.2. The maximum Gasteiger partial charge on any atom is 0.236 e. The fourth-order valence-electron chi connectivity index (χ4n) is 3.21. The zero-order chi connectivity index (χ0) is 19.3. The minimum Gasteiger partial charge on any atom is -0.326 e. The van der Waals surface area contributed by atoms with E-state index in [0.29, 0.717) is 25.9 Å². The Morgan fingerprint density at radius 2 is 1.92 bits per heavy atom. The van der Waals surface area contributed by atoms with E-state index < -0.39 is 10.0 Å². The lowest BCUT2D eigenvalue weighted by molar-refractivity contribution is -0.130. The number of amides is 1. The van der Waals surface area contributed by atoms with E-state index in [1.807, 2.05) is 30.9 Å². The number of thioether (sulfide) groups is 1. The summed E-state index contributed by atoms with van der Waals surface area (Å²) < 4.78 is 25.6. The molecule has 1 heterocycles. The van der Waals surface area contributed by atoms with Crippen molar-refractivity contribution in [2.45, 2.75) is 50.7 Å². The highest BCUT2D eigenvalue weighted by Crippen LogP contribution is 2.45. The molecule has 0 radical (unpaired) electrons. The maximum atomic E-state index is 12.8. The summed E-state index contributed by atoms with van der Waals surface area (Å²) in [6.07, 6.45) is 2.07. The number of nitrogens with zero attached hydrogens (tertiary/aromatic N) is 2. The van der Waals surface area contributed by atoms with Gasteiger partial charge in [0.05, 0.1) is 11.0 Å². The summed E-state index contributed by atoms with van der Waals surface area (Å²) in [5.41, 5.74) is 2.36. The molecule has 146 valence electrons. The molecule has 26 heavy (non-hydrogen) atoms. The number of hydrogen-bond donors (Lipinski definition) is 0. The van der Waals surface area contributed by atoms with Crippen LogP contribution in [-0.2, 0) is 14.8 Å². The van der Waals surface area contributed by atoms with Crippen LogP contribution in [0.2, 0.25) is 0 Å². The first-order chi connectivity index (χ1) is 12.3. The monoisotopic (exact) mass is 398 g/mol. The predicted molar refractivity (Wildman–Crippen MR) is 109 cm³/mol. The van der Waals surface area contributed by atoms with Gasteiger partial charge in [0.25, 0.3) is 0 Å². The molecule has 7 heteroatoms. The lowest BCUT2D eigenvalue weighted by Crippen LogP contribution is -2.35. The smallest absolute Gasteiger partial charge is 0.236 e. The van der Waals surface area contributed by atoms with Crippen LogP contribution in [0, 0.1) is 6.92 Å². The SMILES string of the molecule is CCCS(=O)(=O)N(C)CCCN1C(=O)C(CC)SC1c1ccccc1C. The van der Waals surface area contributed by atoms with Crippen molar-refractivity contribution in [2.24, 2.45) is 0 Å². The van der Waals surface area contributed by atoms with Crippen molar-refractivity contribution < 1.29 is 13.2 Å². The Balaban J connectivity index is 2.07. The van der Waals surface area contributed by atoms with Gasteiger partial charge in [0.15, 0.2) is 0 Å². The molecule has 1 aliphatic heterocycles. The van der Waals surface area contributed by atoms with Crippen LogP contribution in [-0.4, -0.2) is 54.7 Å². The fourth-order valence-corrected chi connectivity index (χ4v) is 5.97. The molecule has 2 rings (SSSR count). The quantitative estimate of drug-likeness (QED) is 0.640. The summed E-state index contributed by atoms with van der Waals surface area (Å²) in [7, 11) is -1.56. The van der Waals surface area contributed by atoms with E-state index in [-0.39, 0.29) is 22.3 Å². The maximum absolute atomic E-state index is 12.8. The average Bonchev–Trinajstić information content (AvgIpc) is 2.91. The Hall–Kier alpha value is -1.05. The summed E-state index contributed by atoms with van der Waals surface area (Å²) in [6, 6.07) is 8.18. The third-order valence-corrected chi connectivity index (χ3v) is 8.46. The zero-order valence-electron chi connectivity index (χ0n) is 16.1. The Labute approximate surface area is 162 Å². The first-order valence-corrected chi connectivity index (χ1v) is 11.8. The van der Waals surface area contributed by atoms with E-state index >= 15 is 0 Å². The van der Waals surface area contributed by atoms with E-state index in [2.05, 4.69) is 19.1 Å². The van der Waals surface area contributed by atoms with Crippen LogP contribution in [0.5, 0.6) is 0 Å². The Morgan fingerprint density at radius 3 is 2.54 bits per heavy atom. The van der Waals surface area contributed by atoms with Crippen LogP contribution in [0.3, 0.4) is 0 Å². The highest BCUT2D eigenvalue weighted by molar-refractivity contribution is 8.01. The molecule has 1 fully saturated rings. The molecule has 1 aromatic carbocycles. The van der Waals surface area contributed by atoms with Crippen LogP contribution in [0.1, 0.15) is 49.6 Å². The van der Waals surface area contributed by atoms with Crippen molar-refractivity contribution in [3.05, 3.63) is 35.4 Å². The molecule has 1 aliphatic rings. The van der Waals surface area contributed by atoms with E-state index in [0.717, 1.165) is 6.42 Å². The van der Waals surface area contributed by atoms with Gasteiger partial charge in [-0.2, -0.15) is 0 Å². The van der Waals surface area contributed by atoms with Crippen molar-refractivity contribution in [3.8, 4) is 0 Å². The molecule has 1 aromatic rings. The molecule has 0 aliphatic carbocycles. The third-order valence-electron chi connectivity index (χ3n) is 4.77. The van der Waals surface area contributed by atoms with Crippen molar-refractivity contribution in [3.63, 3.8) is 0 Å². The summed E-state index contributed by atoms with van der Waals surface area (Å²) in [4.78, 5) is 14.7. The lowest BCUT2D eigenvalue weighted by Gasteiger charge is -2.26. The fraction of sp³-hybridized carbons (Fsp3) is 0.632. The Bertz CT molecular complexity index is 721. The van der Waals surface area contributed by atoms with Gasteiger partial charge < -0.3 is 4.90 Å². The molecule has 0 saturated carbocycles. The normalized spacial score (nSPS) is 21.0. The first-order valence-electron chi connectivity index (χ1n) is 9.27. The van der Waals surface area contributed by atoms with Crippen LogP contribution in [0.4, 0.5) is 0 Å². The molecule has 0 aromatic heterocycles. The molecule has 2 atom stereocenters. The van der Waals surface area contributed by atoms with Gasteiger partial charge in [-0.25, -0.2) is 12.7 Å². The number of hydrogen-bond acceptors (Lipinski definition) is 4. The number of rotatable bonds is 9. The largest absolute Gasteiger partial charge is 0.326 e. The number of aryl methyl sites for hydroxylation is 1. The van der Waals surface area contributed by atoms with Crippen LogP contribution in [0.25, 0.3) is 0 Å². The number of carbonyl (C=O) groups excluding carboxylic acids is 1. The summed E-state index contributed by atoms with van der Waals surface area (Å²) in [5, 5.41) is 0.00682.